The number of aryl methyl sites for hydroxylation is 1. The van der Waals surface area contributed by atoms with Crippen LogP contribution in [-0.4, -0.2) is 53.0 Å². The Labute approximate surface area is 183 Å². The first-order chi connectivity index (χ1) is 14.9. The molecule has 31 heavy (non-hydrogen) atoms. The van der Waals surface area contributed by atoms with Gasteiger partial charge in [0.05, 0.1) is 29.3 Å². The molecule has 0 saturated carbocycles. The van der Waals surface area contributed by atoms with Crippen LogP contribution < -0.4 is 10.5 Å². The number of hydrogen-bond acceptors (Lipinski definition) is 6. The maximum atomic E-state index is 14.9. The fraction of sp³-hybridized carbons (Fsp3) is 0.409. The van der Waals surface area contributed by atoms with Gasteiger partial charge >= 0.3 is 0 Å². The quantitative estimate of drug-likeness (QED) is 0.618. The van der Waals surface area contributed by atoms with Gasteiger partial charge in [-0.25, -0.2) is 14.4 Å². The standard InChI is InChI=1S/C22H22ClFN4O3/c1-12-25-16-10-19(28-6-8-31-18(11-28)17-5-7-30-17)26-21(20(16)22(29)27(12)2)14-4-3-13(23)9-15(14)24/h3-4,9-10,17-18H,5-8,11H2,1-2H3. The summed E-state index contributed by atoms with van der Waals surface area (Å²) in [5.41, 5.74) is 0.690. The normalized spacial score (nSPS) is 21.4. The highest BCUT2D eigenvalue weighted by atomic mass is 35.5. The number of morpholine rings is 1. The highest BCUT2D eigenvalue weighted by molar-refractivity contribution is 6.30. The molecule has 4 heterocycles. The second-order valence-corrected chi connectivity index (χ2v) is 8.36. The van der Waals surface area contributed by atoms with Crippen molar-refractivity contribution >= 4 is 28.3 Å². The number of anilines is 1. The Balaban J connectivity index is 1.68. The lowest BCUT2D eigenvalue weighted by molar-refractivity contribution is -0.140. The Morgan fingerprint density at radius 1 is 1.16 bits per heavy atom. The van der Waals surface area contributed by atoms with E-state index >= 15 is 0 Å². The third-order valence-corrected chi connectivity index (χ3v) is 6.26. The van der Waals surface area contributed by atoms with Crippen molar-refractivity contribution in [3.8, 4) is 11.3 Å². The number of ether oxygens (including phenoxy) is 2. The van der Waals surface area contributed by atoms with Crippen molar-refractivity contribution in [3.05, 3.63) is 51.3 Å². The van der Waals surface area contributed by atoms with Gasteiger partial charge < -0.3 is 14.4 Å². The van der Waals surface area contributed by atoms with Crippen LogP contribution in [-0.2, 0) is 16.5 Å². The summed E-state index contributed by atoms with van der Waals surface area (Å²) in [4.78, 5) is 24.5. The molecule has 0 amide bonds. The molecule has 2 unspecified atom stereocenters. The predicted molar refractivity (Wildman–Crippen MR) is 116 cm³/mol. The Morgan fingerprint density at radius 3 is 2.65 bits per heavy atom. The first kappa shape index (κ1) is 20.4. The molecule has 3 aromatic rings. The maximum absolute atomic E-state index is 14.9. The predicted octanol–water partition coefficient (Wildman–Crippen LogP) is 3.09. The second-order valence-electron chi connectivity index (χ2n) is 7.92. The van der Waals surface area contributed by atoms with Crippen LogP contribution in [0.25, 0.3) is 22.2 Å². The lowest BCUT2D eigenvalue weighted by Gasteiger charge is -2.40. The van der Waals surface area contributed by atoms with Crippen molar-refractivity contribution in [1.82, 2.24) is 14.5 Å². The molecule has 0 N–H and O–H groups in total. The van der Waals surface area contributed by atoms with E-state index in [1.165, 1.54) is 10.6 Å². The van der Waals surface area contributed by atoms with Gasteiger partial charge in [0.2, 0.25) is 0 Å². The molecule has 162 valence electrons. The van der Waals surface area contributed by atoms with Crippen molar-refractivity contribution in [1.29, 1.82) is 0 Å². The lowest BCUT2D eigenvalue weighted by atomic mass is 10.0. The van der Waals surface area contributed by atoms with E-state index in [0.29, 0.717) is 36.9 Å². The summed E-state index contributed by atoms with van der Waals surface area (Å²) in [7, 11) is 1.64. The molecule has 2 aromatic heterocycles. The number of pyridine rings is 1. The summed E-state index contributed by atoms with van der Waals surface area (Å²) in [6.07, 6.45) is 1.01. The molecular weight excluding hydrogens is 423 g/mol. The SMILES string of the molecule is Cc1nc2cc(N3CCOC(C4CCO4)C3)nc(-c3ccc(Cl)cc3F)c2c(=O)n1C. The van der Waals surface area contributed by atoms with Gasteiger partial charge in [0, 0.05) is 43.4 Å². The average Bonchev–Trinajstić information content (AvgIpc) is 2.70. The van der Waals surface area contributed by atoms with Crippen LogP contribution in [0.1, 0.15) is 12.2 Å². The molecule has 2 aliphatic heterocycles. The monoisotopic (exact) mass is 444 g/mol. The van der Waals surface area contributed by atoms with Gasteiger partial charge in [0.1, 0.15) is 23.6 Å². The Kier molecular flexibility index (Phi) is 5.16. The zero-order chi connectivity index (χ0) is 21.7. The first-order valence-corrected chi connectivity index (χ1v) is 10.6. The average molecular weight is 445 g/mol. The summed E-state index contributed by atoms with van der Waals surface area (Å²) in [5, 5.41) is 0.560. The molecule has 0 spiro atoms. The number of rotatable bonds is 3. The van der Waals surface area contributed by atoms with Gasteiger partial charge in [0.25, 0.3) is 5.56 Å². The molecule has 0 aliphatic carbocycles. The molecule has 2 saturated heterocycles. The molecule has 2 atom stereocenters. The highest BCUT2D eigenvalue weighted by Gasteiger charge is 2.34. The Hall–Kier alpha value is -2.55. The van der Waals surface area contributed by atoms with Crippen molar-refractivity contribution in [3.63, 3.8) is 0 Å². The molecule has 7 nitrogen and oxygen atoms in total. The summed E-state index contributed by atoms with van der Waals surface area (Å²) >= 11 is 5.95. The highest BCUT2D eigenvalue weighted by Crippen LogP contribution is 2.32. The first-order valence-electron chi connectivity index (χ1n) is 10.2. The smallest absolute Gasteiger partial charge is 0.263 e. The third-order valence-electron chi connectivity index (χ3n) is 6.02. The van der Waals surface area contributed by atoms with E-state index in [4.69, 9.17) is 26.1 Å². The number of nitrogens with zero attached hydrogens (tertiary/aromatic N) is 4. The maximum Gasteiger partial charge on any atom is 0.263 e. The number of hydrogen-bond donors (Lipinski definition) is 0. The fourth-order valence-electron chi connectivity index (χ4n) is 4.08. The summed E-state index contributed by atoms with van der Waals surface area (Å²) < 4.78 is 27.8. The molecule has 2 aliphatic rings. The molecule has 2 fully saturated rings. The van der Waals surface area contributed by atoms with Crippen LogP contribution in [0.5, 0.6) is 0 Å². The van der Waals surface area contributed by atoms with Crippen molar-refractivity contribution in [2.75, 3.05) is 31.2 Å². The molecule has 0 radical (unpaired) electrons. The van der Waals surface area contributed by atoms with Crippen LogP contribution in [0.2, 0.25) is 5.02 Å². The molecule has 5 rings (SSSR count). The third kappa shape index (κ3) is 3.58. The van der Waals surface area contributed by atoms with E-state index in [1.807, 2.05) is 0 Å². The van der Waals surface area contributed by atoms with Gasteiger partial charge in [-0.05, 0) is 31.5 Å². The summed E-state index contributed by atoms with van der Waals surface area (Å²) in [5.74, 6) is 0.660. The van der Waals surface area contributed by atoms with Crippen LogP contribution >= 0.6 is 11.6 Å². The van der Waals surface area contributed by atoms with Gasteiger partial charge in [-0.2, -0.15) is 0 Å². The Bertz CT molecular complexity index is 1230. The zero-order valence-corrected chi connectivity index (χ0v) is 18.0. The van der Waals surface area contributed by atoms with E-state index in [-0.39, 0.29) is 39.4 Å². The topological polar surface area (TPSA) is 69.5 Å². The summed E-state index contributed by atoms with van der Waals surface area (Å²) in [6.45, 7) is 4.30. The van der Waals surface area contributed by atoms with E-state index in [2.05, 4.69) is 9.88 Å². The van der Waals surface area contributed by atoms with Gasteiger partial charge in [-0.15, -0.1) is 0 Å². The van der Waals surface area contributed by atoms with Crippen molar-refractivity contribution < 1.29 is 13.9 Å². The number of aromatic nitrogens is 3. The minimum atomic E-state index is -0.538. The van der Waals surface area contributed by atoms with E-state index in [9.17, 15) is 9.18 Å². The van der Waals surface area contributed by atoms with E-state index < -0.39 is 5.82 Å². The number of halogens is 2. The summed E-state index contributed by atoms with van der Waals surface area (Å²) in [6, 6.07) is 6.16. The zero-order valence-electron chi connectivity index (χ0n) is 17.3. The lowest BCUT2D eigenvalue weighted by Crippen LogP contribution is -2.52. The Morgan fingerprint density at radius 2 is 1.94 bits per heavy atom. The van der Waals surface area contributed by atoms with Gasteiger partial charge in [0.15, 0.2) is 0 Å². The molecule has 1 aromatic carbocycles. The van der Waals surface area contributed by atoms with Crippen LogP contribution in [0, 0.1) is 12.7 Å². The van der Waals surface area contributed by atoms with Crippen molar-refractivity contribution in [2.24, 2.45) is 7.05 Å². The minimum Gasteiger partial charge on any atom is -0.375 e. The largest absolute Gasteiger partial charge is 0.375 e. The molecule has 9 heteroatoms. The van der Waals surface area contributed by atoms with Crippen LogP contribution in [0.3, 0.4) is 0 Å². The van der Waals surface area contributed by atoms with Crippen LogP contribution in [0.15, 0.2) is 29.1 Å². The van der Waals surface area contributed by atoms with E-state index in [0.717, 1.165) is 13.0 Å². The molecule has 0 bridgehead atoms. The minimum absolute atomic E-state index is 0.0472. The number of fused-ring (bicyclic) bond motifs is 1. The second kappa shape index (κ2) is 7.85. The van der Waals surface area contributed by atoms with Gasteiger partial charge in [-0.1, -0.05) is 11.6 Å². The van der Waals surface area contributed by atoms with Gasteiger partial charge in [-0.3, -0.25) is 9.36 Å². The van der Waals surface area contributed by atoms with Crippen molar-refractivity contribution in [2.45, 2.75) is 25.6 Å². The fourth-order valence-corrected chi connectivity index (χ4v) is 4.23. The van der Waals surface area contributed by atoms with E-state index in [1.54, 1.807) is 32.2 Å². The molecular formula is C22H22ClFN4O3. The number of benzene rings is 1. The van der Waals surface area contributed by atoms with Crippen LogP contribution in [0.4, 0.5) is 10.2 Å².